The van der Waals surface area contributed by atoms with Crippen molar-refractivity contribution in [1.82, 2.24) is 0 Å². The van der Waals surface area contributed by atoms with E-state index in [0.717, 1.165) is 23.7 Å². The smallest absolute Gasteiger partial charge is 0.234 e. The van der Waals surface area contributed by atoms with Gasteiger partial charge in [0, 0.05) is 23.7 Å². The molecule has 16 heavy (non-hydrogen) atoms. The first-order chi connectivity index (χ1) is 7.83. The fourth-order valence-electron chi connectivity index (χ4n) is 1.86. The molecule has 0 saturated carbocycles. The van der Waals surface area contributed by atoms with Crippen molar-refractivity contribution < 1.29 is 9.47 Å². The van der Waals surface area contributed by atoms with Gasteiger partial charge < -0.3 is 9.47 Å². The van der Waals surface area contributed by atoms with Gasteiger partial charge in [-0.25, -0.2) is 0 Å². The highest BCUT2D eigenvalue weighted by molar-refractivity contribution is 9.08. The van der Waals surface area contributed by atoms with Gasteiger partial charge in [-0.3, -0.25) is 0 Å². The predicted octanol–water partition coefficient (Wildman–Crippen LogP) is 2.26. The molecule has 0 bridgehead atoms. The van der Waals surface area contributed by atoms with Crippen LogP contribution in [0.3, 0.4) is 0 Å². The lowest BCUT2D eigenvalue weighted by Gasteiger charge is -2.21. The van der Waals surface area contributed by atoms with Gasteiger partial charge in [0.15, 0.2) is 0 Å². The van der Waals surface area contributed by atoms with E-state index in [2.05, 4.69) is 50.1 Å². The molecule has 1 saturated heterocycles. The minimum Gasteiger partial charge on any atom is -0.363 e. The zero-order valence-corrected chi connectivity index (χ0v) is 12.1. The Morgan fingerprint density at radius 2 is 1.56 bits per heavy atom. The van der Waals surface area contributed by atoms with Crippen LogP contribution in [0.1, 0.15) is 11.1 Å². The average Bonchev–Trinajstić information content (AvgIpc) is 2.39. The number of benzene rings is 1. The van der Waals surface area contributed by atoms with Crippen molar-refractivity contribution in [2.45, 2.75) is 10.7 Å². The maximum atomic E-state index is 5.34. The first kappa shape index (κ1) is 12.6. The summed E-state index contributed by atoms with van der Waals surface area (Å²) in [5, 5.41) is 1.77. The van der Waals surface area contributed by atoms with E-state index >= 15 is 0 Å². The summed E-state index contributed by atoms with van der Waals surface area (Å²) in [4.78, 5) is 0. The van der Waals surface area contributed by atoms with E-state index < -0.39 is 0 Å². The third kappa shape index (κ3) is 3.09. The maximum absolute atomic E-state index is 5.34. The average molecular weight is 348 g/mol. The molecule has 0 aliphatic carbocycles. The fraction of sp³-hybridized carbons (Fsp3) is 0.455. The second-order valence-corrected chi connectivity index (χ2v) is 5.03. The van der Waals surface area contributed by atoms with Crippen molar-refractivity contribution >= 4 is 44.0 Å². The number of hydrogen-bond acceptors (Lipinski definition) is 2. The van der Waals surface area contributed by atoms with E-state index in [1.165, 1.54) is 16.6 Å². The Morgan fingerprint density at radius 1 is 1.00 bits per heavy atom. The normalized spacial score (nSPS) is 16.5. The third-order valence-electron chi connectivity index (χ3n) is 2.66. The van der Waals surface area contributed by atoms with Crippen LogP contribution >= 0.6 is 31.9 Å². The van der Waals surface area contributed by atoms with E-state index in [-0.39, 0.29) is 0 Å². The van der Waals surface area contributed by atoms with Crippen LogP contribution in [0.15, 0.2) is 18.2 Å². The molecule has 2 rings (SSSR count). The van der Waals surface area contributed by atoms with E-state index in [9.17, 15) is 0 Å². The predicted molar refractivity (Wildman–Crippen MR) is 73.9 cm³/mol. The highest BCUT2D eigenvalue weighted by Crippen LogP contribution is 2.12. The van der Waals surface area contributed by atoms with Crippen LogP contribution in [0.4, 0.5) is 0 Å². The molecule has 5 heteroatoms. The second-order valence-electron chi connectivity index (χ2n) is 3.91. The monoisotopic (exact) mass is 346 g/mol. The van der Waals surface area contributed by atoms with Crippen molar-refractivity contribution in [3.8, 4) is 0 Å². The van der Waals surface area contributed by atoms with Crippen molar-refractivity contribution in [3.63, 3.8) is 0 Å². The molecule has 0 spiro atoms. The van der Waals surface area contributed by atoms with Crippen molar-refractivity contribution in [1.29, 1.82) is 0 Å². The molecule has 1 heterocycles. The standard InChI is InChI=1S/C11H13BBr2O2/c13-4-9-1-10(5-14)3-11(2-9)12-6-15-8-16-7-12/h1-3H,4-8H2. The summed E-state index contributed by atoms with van der Waals surface area (Å²) in [5.74, 6) is 0. The van der Waals surface area contributed by atoms with Crippen LogP contribution < -0.4 is 5.46 Å². The highest BCUT2D eigenvalue weighted by atomic mass is 79.9. The zero-order valence-electron chi connectivity index (χ0n) is 8.92. The molecule has 1 aliphatic heterocycles. The molecular formula is C11H13BBr2O2. The minimum atomic E-state index is 0.366. The van der Waals surface area contributed by atoms with Gasteiger partial charge in [0.2, 0.25) is 6.71 Å². The zero-order chi connectivity index (χ0) is 11.4. The maximum Gasteiger partial charge on any atom is 0.234 e. The van der Waals surface area contributed by atoms with E-state index in [1.54, 1.807) is 0 Å². The molecule has 0 radical (unpaired) electrons. The van der Waals surface area contributed by atoms with Gasteiger partial charge >= 0.3 is 0 Å². The van der Waals surface area contributed by atoms with E-state index in [4.69, 9.17) is 9.47 Å². The minimum absolute atomic E-state index is 0.366. The SMILES string of the molecule is BrCc1cc(CBr)cc(B2COCOC2)c1. The molecule has 1 aliphatic rings. The van der Waals surface area contributed by atoms with Gasteiger partial charge in [-0.2, -0.15) is 0 Å². The fourth-order valence-corrected chi connectivity index (χ4v) is 2.51. The van der Waals surface area contributed by atoms with Crippen LogP contribution in [0.25, 0.3) is 0 Å². The Labute approximate surface area is 113 Å². The van der Waals surface area contributed by atoms with Gasteiger partial charge in [0.05, 0.1) is 0 Å². The summed E-state index contributed by atoms with van der Waals surface area (Å²) < 4.78 is 10.7. The van der Waals surface area contributed by atoms with Gasteiger partial charge in [0.1, 0.15) is 6.79 Å². The molecular weight excluding hydrogens is 335 g/mol. The van der Waals surface area contributed by atoms with E-state index in [1.807, 2.05) is 0 Å². The summed E-state index contributed by atoms with van der Waals surface area (Å²) in [7, 11) is 0. The van der Waals surface area contributed by atoms with Gasteiger partial charge in [-0.15, -0.1) is 0 Å². The van der Waals surface area contributed by atoms with Crippen molar-refractivity contribution in [3.05, 3.63) is 29.3 Å². The first-order valence-electron chi connectivity index (χ1n) is 5.23. The molecule has 2 nitrogen and oxygen atoms in total. The summed E-state index contributed by atoms with van der Waals surface area (Å²) in [6.07, 6.45) is 0. The topological polar surface area (TPSA) is 18.5 Å². The molecule has 0 aromatic heterocycles. The van der Waals surface area contributed by atoms with Gasteiger partial charge in [0.25, 0.3) is 0 Å². The second kappa shape index (κ2) is 6.19. The number of alkyl halides is 2. The lowest BCUT2D eigenvalue weighted by Crippen LogP contribution is -2.44. The number of hydrogen-bond donors (Lipinski definition) is 0. The summed E-state index contributed by atoms with van der Waals surface area (Å²) >= 11 is 7.00. The first-order valence-corrected chi connectivity index (χ1v) is 7.48. The summed E-state index contributed by atoms with van der Waals surface area (Å²) in [5.41, 5.74) is 3.92. The van der Waals surface area contributed by atoms with Crippen LogP contribution in [0, 0.1) is 0 Å². The van der Waals surface area contributed by atoms with Gasteiger partial charge in [-0.05, 0) is 11.1 Å². The van der Waals surface area contributed by atoms with Crippen LogP contribution in [-0.4, -0.2) is 26.5 Å². The Hall–Kier alpha value is 0.165. The summed E-state index contributed by atoms with van der Waals surface area (Å²) in [6, 6.07) is 6.66. The molecule has 1 aromatic carbocycles. The van der Waals surface area contributed by atoms with E-state index in [0.29, 0.717) is 13.5 Å². The molecule has 0 atom stereocenters. The van der Waals surface area contributed by atoms with Crippen molar-refractivity contribution in [2.24, 2.45) is 0 Å². The Bertz CT molecular complexity index is 332. The van der Waals surface area contributed by atoms with Crippen molar-refractivity contribution in [2.75, 3.05) is 19.8 Å². The molecule has 0 amide bonds. The lowest BCUT2D eigenvalue weighted by atomic mass is 9.46. The Morgan fingerprint density at radius 3 is 2.06 bits per heavy atom. The molecule has 1 aromatic rings. The highest BCUT2D eigenvalue weighted by Gasteiger charge is 2.21. The molecule has 0 unspecified atom stereocenters. The third-order valence-corrected chi connectivity index (χ3v) is 3.95. The molecule has 1 fully saturated rings. The quantitative estimate of drug-likeness (QED) is 0.617. The van der Waals surface area contributed by atoms with Crippen LogP contribution in [-0.2, 0) is 20.1 Å². The Kier molecular flexibility index (Phi) is 4.88. The Balaban J connectivity index is 2.24. The molecule has 0 N–H and O–H groups in total. The molecule has 86 valence electrons. The number of ether oxygens (including phenoxy) is 2. The number of halogens is 2. The van der Waals surface area contributed by atoms with Crippen LogP contribution in [0.2, 0.25) is 0 Å². The van der Waals surface area contributed by atoms with Gasteiger partial charge in [-0.1, -0.05) is 55.5 Å². The largest absolute Gasteiger partial charge is 0.363 e. The summed E-state index contributed by atoms with van der Waals surface area (Å²) in [6.45, 7) is 2.31. The number of rotatable bonds is 3. The van der Waals surface area contributed by atoms with Crippen LogP contribution in [0.5, 0.6) is 0 Å². The lowest BCUT2D eigenvalue weighted by molar-refractivity contribution is -0.0409.